The minimum atomic E-state index is -3.86. The lowest BCUT2D eigenvalue weighted by Crippen LogP contribution is -2.12. The van der Waals surface area contributed by atoms with Crippen molar-refractivity contribution in [3.05, 3.63) is 34.9 Å². The Balaban J connectivity index is 2.33. The lowest BCUT2D eigenvalue weighted by atomic mass is 10.4. The van der Waals surface area contributed by atoms with E-state index in [4.69, 9.17) is 11.6 Å². The standard InChI is InChI=1S/C8H5ClFN3O2S2/c9-8-12-4-7(16-8)17(14,15)13-6-1-2-11-3-5(6)10/h1-4H,(H,11,13). The van der Waals surface area contributed by atoms with E-state index in [1.165, 1.54) is 12.3 Å². The van der Waals surface area contributed by atoms with Crippen LogP contribution in [0.2, 0.25) is 4.47 Å². The second-order valence-electron chi connectivity index (χ2n) is 2.89. The Morgan fingerprint density at radius 1 is 1.41 bits per heavy atom. The summed E-state index contributed by atoms with van der Waals surface area (Å²) in [6.45, 7) is 0. The molecule has 0 unspecified atom stereocenters. The van der Waals surface area contributed by atoms with Crippen LogP contribution in [-0.4, -0.2) is 18.4 Å². The molecule has 0 saturated heterocycles. The number of hydrogen-bond acceptors (Lipinski definition) is 5. The van der Waals surface area contributed by atoms with Gasteiger partial charge in [-0.1, -0.05) is 22.9 Å². The van der Waals surface area contributed by atoms with Crippen molar-refractivity contribution in [2.75, 3.05) is 4.72 Å². The average Bonchev–Trinajstić information content (AvgIpc) is 2.69. The van der Waals surface area contributed by atoms with E-state index in [1.54, 1.807) is 0 Å². The third-order valence-corrected chi connectivity index (χ3v) is 4.68. The Bertz CT molecular complexity index is 644. The van der Waals surface area contributed by atoms with Crippen molar-refractivity contribution in [3.8, 4) is 0 Å². The monoisotopic (exact) mass is 293 g/mol. The van der Waals surface area contributed by atoms with E-state index in [-0.39, 0.29) is 14.4 Å². The highest BCUT2D eigenvalue weighted by Crippen LogP contribution is 2.25. The zero-order chi connectivity index (χ0) is 12.5. The van der Waals surface area contributed by atoms with E-state index >= 15 is 0 Å². The highest BCUT2D eigenvalue weighted by molar-refractivity contribution is 7.94. The fourth-order valence-corrected chi connectivity index (χ4v) is 3.38. The van der Waals surface area contributed by atoms with Gasteiger partial charge in [-0.25, -0.2) is 17.8 Å². The highest BCUT2D eigenvalue weighted by atomic mass is 35.5. The number of sulfonamides is 1. The van der Waals surface area contributed by atoms with Crippen LogP contribution in [0.25, 0.3) is 0 Å². The number of rotatable bonds is 3. The summed E-state index contributed by atoms with van der Waals surface area (Å²) >= 11 is 6.32. The van der Waals surface area contributed by atoms with Crippen molar-refractivity contribution in [1.82, 2.24) is 9.97 Å². The van der Waals surface area contributed by atoms with Crippen LogP contribution in [-0.2, 0) is 10.0 Å². The molecule has 0 radical (unpaired) electrons. The molecule has 5 nitrogen and oxygen atoms in total. The van der Waals surface area contributed by atoms with Gasteiger partial charge in [-0.05, 0) is 6.07 Å². The summed E-state index contributed by atoms with van der Waals surface area (Å²) in [5.41, 5.74) is -0.176. The van der Waals surface area contributed by atoms with E-state index in [0.29, 0.717) is 0 Å². The number of pyridine rings is 1. The van der Waals surface area contributed by atoms with Gasteiger partial charge >= 0.3 is 0 Å². The van der Waals surface area contributed by atoms with E-state index in [1.807, 2.05) is 0 Å². The molecular weight excluding hydrogens is 289 g/mol. The second-order valence-corrected chi connectivity index (χ2v) is 6.42. The van der Waals surface area contributed by atoms with E-state index in [9.17, 15) is 12.8 Å². The van der Waals surface area contributed by atoms with Gasteiger partial charge in [0.1, 0.15) is 0 Å². The molecular formula is C8H5ClFN3O2S2. The maximum atomic E-state index is 13.2. The van der Waals surface area contributed by atoms with Crippen LogP contribution in [0.15, 0.2) is 28.9 Å². The molecule has 2 rings (SSSR count). The first kappa shape index (κ1) is 12.2. The minimum Gasteiger partial charge on any atom is -0.276 e. The van der Waals surface area contributed by atoms with E-state index in [0.717, 1.165) is 23.7 Å². The summed E-state index contributed by atoms with van der Waals surface area (Å²) in [7, 11) is -3.86. The molecule has 2 aromatic heterocycles. The molecule has 0 aliphatic carbocycles. The summed E-state index contributed by atoms with van der Waals surface area (Å²) in [5, 5.41) is 0. The number of halogens is 2. The third-order valence-electron chi connectivity index (χ3n) is 1.74. The molecule has 90 valence electrons. The normalized spacial score (nSPS) is 11.4. The smallest absolute Gasteiger partial charge is 0.273 e. The van der Waals surface area contributed by atoms with Gasteiger partial charge in [0.15, 0.2) is 14.5 Å². The Morgan fingerprint density at radius 3 is 2.76 bits per heavy atom. The zero-order valence-corrected chi connectivity index (χ0v) is 10.5. The first-order valence-corrected chi connectivity index (χ1v) is 6.90. The first-order chi connectivity index (χ1) is 7.99. The fourth-order valence-electron chi connectivity index (χ4n) is 1.02. The van der Waals surface area contributed by atoms with Crippen molar-refractivity contribution < 1.29 is 12.8 Å². The van der Waals surface area contributed by atoms with Crippen LogP contribution in [0, 0.1) is 5.82 Å². The molecule has 1 N–H and O–H groups in total. The van der Waals surface area contributed by atoms with E-state index < -0.39 is 15.8 Å². The summed E-state index contributed by atoms with van der Waals surface area (Å²) in [4.78, 5) is 7.12. The molecule has 0 aliphatic rings. The van der Waals surface area contributed by atoms with Gasteiger partial charge in [-0.2, -0.15) is 0 Å². The molecule has 2 aromatic rings. The molecule has 0 spiro atoms. The molecule has 0 atom stereocenters. The molecule has 0 fully saturated rings. The number of nitrogens with one attached hydrogen (secondary N) is 1. The summed E-state index contributed by atoms with van der Waals surface area (Å²) in [6, 6.07) is 1.22. The Hall–Kier alpha value is -1.25. The van der Waals surface area contributed by atoms with Crippen LogP contribution >= 0.6 is 22.9 Å². The van der Waals surface area contributed by atoms with Gasteiger partial charge in [-0.15, -0.1) is 0 Å². The summed E-state index contributed by atoms with van der Waals surface area (Å²) < 4.78 is 38.9. The van der Waals surface area contributed by atoms with Crippen LogP contribution < -0.4 is 4.72 Å². The maximum Gasteiger partial charge on any atom is 0.273 e. The van der Waals surface area contributed by atoms with Crippen molar-refractivity contribution >= 4 is 38.6 Å². The number of aromatic nitrogens is 2. The minimum absolute atomic E-state index is 0.0845. The quantitative estimate of drug-likeness (QED) is 0.941. The van der Waals surface area contributed by atoms with Crippen molar-refractivity contribution in [3.63, 3.8) is 0 Å². The number of hydrogen-bond donors (Lipinski definition) is 1. The Labute approximate surface area is 105 Å². The zero-order valence-electron chi connectivity index (χ0n) is 8.09. The molecule has 0 saturated carbocycles. The largest absolute Gasteiger partial charge is 0.276 e. The molecule has 0 amide bonds. The van der Waals surface area contributed by atoms with Crippen molar-refractivity contribution in [1.29, 1.82) is 0 Å². The average molecular weight is 294 g/mol. The maximum absolute atomic E-state index is 13.2. The summed E-state index contributed by atoms with van der Waals surface area (Å²) in [5.74, 6) is -0.758. The Morgan fingerprint density at radius 2 is 2.18 bits per heavy atom. The van der Waals surface area contributed by atoms with Gasteiger partial charge in [0.2, 0.25) is 0 Å². The van der Waals surface area contributed by atoms with Crippen LogP contribution in [0.4, 0.5) is 10.1 Å². The van der Waals surface area contributed by atoms with Gasteiger partial charge in [0, 0.05) is 6.20 Å². The number of nitrogens with zero attached hydrogens (tertiary/aromatic N) is 2. The SMILES string of the molecule is O=S(=O)(Nc1ccncc1F)c1cnc(Cl)s1. The lowest BCUT2D eigenvalue weighted by molar-refractivity contribution is 0.599. The van der Waals surface area contributed by atoms with Gasteiger partial charge in [0.05, 0.1) is 18.1 Å². The molecule has 0 aliphatic heterocycles. The van der Waals surface area contributed by atoms with Crippen LogP contribution in [0.1, 0.15) is 0 Å². The van der Waals surface area contributed by atoms with Crippen LogP contribution in [0.3, 0.4) is 0 Å². The van der Waals surface area contributed by atoms with Crippen LogP contribution in [0.5, 0.6) is 0 Å². The highest BCUT2D eigenvalue weighted by Gasteiger charge is 2.19. The predicted molar refractivity (Wildman–Crippen MR) is 62.1 cm³/mol. The van der Waals surface area contributed by atoms with Crippen molar-refractivity contribution in [2.45, 2.75) is 4.21 Å². The third kappa shape index (κ3) is 2.71. The topological polar surface area (TPSA) is 72.0 Å². The lowest BCUT2D eigenvalue weighted by Gasteiger charge is -2.05. The molecule has 17 heavy (non-hydrogen) atoms. The van der Waals surface area contributed by atoms with Gasteiger partial charge in [0.25, 0.3) is 10.0 Å². The molecule has 0 aromatic carbocycles. The number of anilines is 1. The first-order valence-electron chi connectivity index (χ1n) is 4.23. The molecule has 2 heterocycles. The fraction of sp³-hybridized carbons (Fsp3) is 0. The molecule has 9 heteroatoms. The van der Waals surface area contributed by atoms with Gasteiger partial charge in [-0.3, -0.25) is 9.71 Å². The molecule has 0 bridgehead atoms. The van der Waals surface area contributed by atoms with E-state index in [2.05, 4.69) is 14.7 Å². The summed E-state index contributed by atoms with van der Waals surface area (Å²) in [6.07, 6.45) is 3.30. The second kappa shape index (κ2) is 4.55. The Kier molecular flexibility index (Phi) is 3.27. The predicted octanol–water partition coefficient (Wildman–Crippen LogP) is 2.13. The number of thiazole rings is 1. The van der Waals surface area contributed by atoms with Crippen molar-refractivity contribution in [2.24, 2.45) is 0 Å². The van der Waals surface area contributed by atoms with Gasteiger partial charge < -0.3 is 0 Å².